The van der Waals surface area contributed by atoms with Crippen molar-refractivity contribution in [1.29, 1.82) is 0 Å². The van der Waals surface area contributed by atoms with Crippen LogP contribution in [0.1, 0.15) is 6.92 Å². The number of furan rings is 1. The molecule has 0 saturated carbocycles. The smallest absolute Gasteiger partial charge is 0.256 e. The zero-order valence-corrected chi connectivity index (χ0v) is 13.2. The molecule has 0 saturated heterocycles. The van der Waals surface area contributed by atoms with Crippen LogP contribution in [-0.4, -0.2) is 31.4 Å². The van der Waals surface area contributed by atoms with E-state index in [-0.39, 0.29) is 16.3 Å². The number of hydrogen-bond donors (Lipinski definition) is 2. The minimum absolute atomic E-state index is 0.200. The van der Waals surface area contributed by atoms with Gasteiger partial charge in [0.05, 0.1) is 16.3 Å². The summed E-state index contributed by atoms with van der Waals surface area (Å²) in [6.45, 7) is 1.41. The van der Waals surface area contributed by atoms with Gasteiger partial charge in [0.25, 0.3) is 5.88 Å². The summed E-state index contributed by atoms with van der Waals surface area (Å²) in [6.07, 6.45) is 0. The number of sulfonamides is 1. The predicted molar refractivity (Wildman–Crippen MR) is 80.3 cm³/mol. The van der Waals surface area contributed by atoms with E-state index in [0.717, 1.165) is 7.05 Å². The summed E-state index contributed by atoms with van der Waals surface area (Å²) in [5, 5.41) is 19.6. The first-order chi connectivity index (χ1) is 10.2. The molecule has 0 unspecified atom stereocenters. The van der Waals surface area contributed by atoms with Crippen molar-refractivity contribution in [3.05, 3.63) is 29.0 Å². The second-order valence-corrected chi connectivity index (χ2v) is 7.10. The number of aromatic hydroxyl groups is 2. The van der Waals surface area contributed by atoms with E-state index in [1.807, 2.05) is 0 Å². The molecule has 0 fully saturated rings. The molecular weight excluding hydrogens is 337 g/mol. The third kappa shape index (κ3) is 2.59. The van der Waals surface area contributed by atoms with Crippen LogP contribution in [0.15, 0.2) is 22.6 Å². The summed E-state index contributed by atoms with van der Waals surface area (Å²) >= 11 is 5.65. The van der Waals surface area contributed by atoms with Crippen molar-refractivity contribution in [2.75, 3.05) is 17.1 Å². The Labute approximate surface area is 131 Å². The van der Waals surface area contributed by atoms with Gasteiger partial charge in [-0.1, -0.05) is 17.7 Å². The van der Waals surface area contributed by atoms with Gasteiger partial charge in [0.15, 0.2) is 11.6 Å². The van der Waals surface area contributed by atoms with Gasteiger partial charge in [-0.05, 0) is 19.1 Å². The summed E-state index contributed by atoms with van der Waals surface area (Å²) < 4.78 is 43.4. The molecule has 0 aliphatic rings. The maximum atomic E-state index is 14.0. The van der Waals surface area contributed by atoms with Gasteiger partial charge in [0.2, 0.25) is 21.5 Å². The Morgan fingerprint density at radius 3 is 2.55 bits per heavy atom. The highest BCUT2D eigenvalue weighted by molar-refractivity contribution is 7.92. The molecule has 0 aliphatic heterocycles. The molecule has 22 heavy (non-hydrogen) atoms. The van der Waals surface area contributed by atoms with Crippen molar-refractivity contribution < 1.29 is 27.4 Å². The van der Waals surface area contributed by atoms with E-state index in [1.54, 1.807) is 0 Å². The fourth-order valence-electron chi connectivity index (χ4n) is 1.80. The summed E-state index contributed by atoms with van der Waals surface area (Å²) in [7, 11) is -2.58. The number of nitrogens with zero attached hydrogens (tertiary/aromatic N) is 1. The van der Waals surface area contributed by atoms with Crippen molar-refractivity contribution in [3.8, 4) is 22.8 Å². The van der Waals surface area contributed by atoms with Gasteiger partial charge in [0.1, 0.15) is 0 Å². The number of rotatable bonds is 4. The van der Waals surface area contributed by atoms with Crippen molar-refractivity contribution in [1.82, 2.24) is 0 Å². The second kappa shape index (κ2) is 5.69. The molecule has 2 N–H and O–H groups in total. The number of benzene rings is 1. The number of halogens is 2. The first-order valence-electron chi connectivity index (χ1n) is 6.16. The lowest BCUT2D eigenvalue weighted by molar-refractivity contribution is 0.409. The lowest BCUT2D eigenvalue weighted by Gasteiger charge is -2.14. The van der Waals surface area contributed by atoms with Crippen LogP contribution in [0, 0.1) is 5.82 Å². The van der Waals surface area contributed by atoms with Gasteiger partial charge in [-0.25, -0.2) is 17.1 Å². The van der Waals surface area contributed by atoms with Crippen LogP contribution in [-0.2, 0) is 10.0 Å². The molecule has 0 amide bonds. The molecule has 120 valence electrons. The minimum atomic E-state index is -3.73. The van der Waals surface area contributed by atoms with Crippen LogP contribution in [0.25, 0.3) is 11.3 Å². The molecule has 0 radical (unpaired) electrons. The van der Waals surface area contributed by atoms with E-state index in [9.17, 15) is 23.0 Å². The third-order valence-electron chi connectivity index (χ3n) is 3.10. The van der Waals surface area contributed by atoms with E-state index >= 15 is 0 Å². The molecule has 1 heterocycles. The lowest BCUT2D eigenvalue weighted by Crippen LogP contribution is -2.27. The van der Waals surface area contributed by atoms with Gasteiger partial charge in [-0.2, -0.15) is 0 Å². The van der Waals surface area contributed by atoms with Gasteiger partial charge >= 0.3 is 0 Å². The SMILES string of the molecule is CCS(=O)(=O)N(C)c1oc(-c2cccc(Cl)c2F)c(O)c1O. The molecule has 2 rings (SSSR count). The van der Waals surface area contributed by atoms with Crippen LogP contribution < -0.4 is 4.31 Å². The molecule has 1 aromatic carbocycles. The quantitative estimate of drug-likeness (QED) is 0.885. The molecule has 0 spiro atoms. The van der Waals surface area contributed by atoms with Gasteiger partial charge in [0, 0.05) is 7.05 Å². The Bertz CT molecular complexity index is 818. The zero-order valence-electron chi connectivity index (χ0n) is 11.7. The molecule has 0 aliphatic carbocycles. The minimum Gasteiger partial charge on any atom is -0.502 e. The maximum Gasteiger partial charge on any atom is 0.256 e. The Kier molecular flexibility index (Phi) is 4.25. The average molecular weight is 350 g/mol. The first kappa shape index (κ1) is 16.4. The Balaban J connectivity index is 2.63. The van der Waals surface area contributed by atoms with Gasteiger partial charge in [-0.3, -0.25) is 0 Å². The molecule has 1 aromatic heterocycles. The van der Waals surface area contributed by atoms with E-state index in [1.165, 1.54) is 25.1 Å². The topological polar surface area (TPSA) is 91.0 Å². The lowest BCUT2D eigenvalue weighted by atomic mass is 10.1. The van der Waals surface area contributed by atoms with Gasteiger partial charge in [-0.15, -0.1) is 0 Å². The van der Waals surface area contributed by atoms with E-state index in [4.69, 9.17) is 16.0 Å². The third-order valence-corrected chi connectivity index (χ3v) is 5.13. The first-order valence-corrected chi connectivity index (χ1v) is 8.15. The molecule has 0 bridgehead atoms. The molecular formula is C13H13ClFNO5S. The monoisotopic (exact) mass is 349 g/mol. The van der Waals surface area contributed by atoms with Crippen molar-refractivity contribution in [3.63, 3.8) is 0 Å². The normalized spacial score (nSPS) is 11.6. The van der Waals surface area contributed by atoms with E-state index < -0.39 is 39.0 Å². The molecule has 9 heteroatoms. The summed E-state index contributed by atoms with van der Waals surface area (Å²) in [6, 6.07) is 4.00. The number of hydrogen-bond acceptors (Lipinski definition) is 5. The average Bonchev–Trinajstić information content (AvgIpc) is 2.77. The van der Waals surface area contributed by atoms with Gasteiger partial charge < -0.3 is 14.6 Å². The van der Waals surface area contributed by atoms with Crippen LogP contribution in [0.4, 0.5) is 10.3 Å². The van der Waals surface area contributed by atoms with Crippen molar-refractivity contribution in [2.24, 2.45) is 0 Å². The fourth-order valence-corrected chi connectivity index (χ4v) is 2.74. The number of anilines is 1. The van der Waals surface area contributed by atoms with Crippen molar-refractivity contribution >= 4 is 27.5 Å². The fraction of sp³-hybridized carbons (Fsp3) is 0.231. The largest absolute Gasteiger partial charge is 0.502 e. The Hall–Kier alpha value is -1.93. The molecule has 2 aromatic rings. The Morgan fingerprint density at radius 1 is 1.32 bits per heavy atom. The summed E-state index contributed by atoms with van der Waals surface area (Å²) in [5.74, 6) is -3.59. The summed E-state index contributed by atoms with van der Waals surface area (Å²) in [4.78, 5) is 0. The highest BCUT2D eigenvalue weighted by Gasteiger charge is 2.29. The van der Waals surface area contributed by atoms with E-state index in [2.05, 4.69) is 0 Å². The Morgan fingerprint density at radius 2 is 1.95 bits per heavy atom. The van der Waals surface area contributed by atoms with Crippen molar-refractivity contribution in [2.45, 2.75) is 6.92 Å². The van der Waals surface area contributed by atoms with Crippen LogP contribution in [0.3, 0.4) is 0 Å². The molecule has 6 nitrogen and oxygen atoms in total. The van der Waals surface area contributed by atoms with Crippen LogP contribution in [0.5, 0.6) is 11.5 Å². The second-order valence-electron chi connectivity index (χ2n) is 4.40. The standard InChI is InChI=1S/C13H13ClFNO5S/c1-3-22(19,20)16(2)13-11(18)10(17)12(21-13)7-5-4-6-8(14)9(7)15/h4-6,17-18H,3H2,1-2H3. The van der Waals surface area contributed by atoms with Crippen LogP contribution in [0.2, 0.25) is 5.02 Å². The predicted octanol–water partition coefficient (Wildman–Crippen LogP) is 2.94. The van der Waals surface area contributed by atoms with Crippen LogP contribution >= 0.6 is 11.6 Å². The maximum absolute atomic E-state index is 14.0. The van der Waals surface area contributed by atoms with E-state index in [0.29, 0.717) is 4.31 Å². The highest BCUT2D eigenvalue weighted by atomic mass is 35.5. The zero-order chi connectivity index (χ0) is 16.7. The highest BCUT2D eigenvalue weighted by Crippen LogP contribution is 2.48. The molecule has 0 atom stereocenters. The summed E-state index contributed by atoms with van der Waals surface area (Å²) in [5.41, 5.74) is -0.200.